The van der Waals surface area contributed by atoms with Gasteiger partial charge in [0.05, 0.1) is 17.8 Å². The molecule has 0 aliphatic carbocycles. The number of nitrogens with zero attached hydrogens (tertiary/aromatic N) is 3. The highest BCUT2D eigenvalue weighted by Crippen LogP contribution is 2.41. The highest BCUT2D eigenvalue weighted by atomic mass is 19.1. The van der Waals surface area contributed by atoms with Crippen molar-refractivity contribution in [3.8, 4) is 16.9 Å². The van der Waals surface area contributed by atoms with Gasteiger partial charge in [0, 0.05) is 37.6 Å². The Kier molecular flexibility index (Phi) is 4.83. The van der Waals surface area contributed by atoms with Crippen LogP contribution in [0.3, 0.4) is 0 Å². The minimum absolute atomic E-state index is 0.0566. The summed E-state index contributed by atoms with van der Waals surface area (Å²) in [4.78, 5) is 21.3. The van der Waals surface area contributed by atoms with Crippen LogP contribution in [0, 0.1) is 5.82 Å². The Balaban J connectivity index is 1.62. The number of benzene rings is 2. The van der Waals surface area contributed by atoms with Crippen molar-refractivity contribution in [2.45, 2.75) is 13.0 Å². The summed E-state index contributed by atoms with van der Waals surface area (Å²) in [6, 6.07) is 14.3. The molecular weight excluding hydrogens is 381 g/mol. The van der Waals surface area contributed by atoms with Crippen LogP contribution in [0.4, 0.5) is 10.1 Å². The fraction of sp³-hybridized carbons (Fsp3) is 0.250. The number of amides is 1. The van der Waals surface area contributed by atoms with Gasteiger partial charge in [-0.3, -0.25) is 9.78 Å². The molecule has 0 unspecified atom stereocenters. The molecular formula is C24H22FN3O2. The van der Waals surface area contributed by atoms with Gasteiger partial charge in [-0.2, -0.15) is 0 Å². The summed E-state index contributed by atoms with van der Waals surface area (Å²) in [5.41, 5.74) is 3.54. The van der Waals surface area contributed by atoms with Crippen LogP contribution in [-0.2, 0) is 6.54 Å². The predicted octanol–water partition coefficient (Wildman–Crippen LogP) is 4.13. The molecule has 0 atom stereocenters. The van der Waals surface area contributed by atoms with Crippen molar-refractivity contribution in [1.82, 2.24) is 9.88 Å². The van der Waals surface area contributed by atoms with Gasteiger partial charge in [0.15, 0.2) is 5.75 Å². The average molecular weight is 403 g/mol. The standard InChI is InChI=1S/C24H22FN3O2/c25-21-7-2-1-6-19(21)18-13-20(24(29)27-9-4-10-27)23-22(14-18)28(11-12-30-23)16-17-5-3-8-26-15-17/h1-3,5-8,13-15H,4,9-12,16H2. The van der Waals surface area contributed by atoms with E-state index in [9.17, 15) is 9.18 Å². The second-order valence-electron chi connectivity index (χ2n) is 7.63. The highest BCUT2D eigenvalue weighted by molar-refractivity contribution is 6.01. The first-order valence-corrected chi connectivity index (χ1v) is 10.2. The molecule has 0 bridgehead atoms. The van der Waals surface area contributed by atoms with E-state index in [2.05, 4.69) is 9.88 Å². The summed E-state index contributed by atoms with van der Waals surface area (Å²) in [7, 11) is 0. The molecule has 0 N–H and O–H groups in total. The maximum Gasteiger partial charge on any atom is 0.257 e. The van der Waals surface area contributed by atoms with E-state index >= 15 is 0 Å². The van der Waals surface area contributed by atoms with E-state index in [-0.39, 0.29) is 11.7 Å². The largest absolute Gasteiger partial charge is 0.489 e. The lowest BCUT2D eigenvalue weighted by Crippen LogP contribution is -2.42. The third-order valence-corrected chi connectivity index (χ3v) is 5.67. The van der Waals surface area contributed by atoms with Crippen LogP contribution in [0.25, 0.3) is 11.1 Å². The molecule has 3 aromatic rings. The van der Waals surface area contributed by atoms with Gasteiger partial charge in [0.2, 0.25) is 0 Å². The number of ether oxygens (including phenoxy) is 1. The fourth-order valence-corrected chi connectivity index (χ4v) is 3.95. The zero-order chi connectivity index (χ0) is 20.5. The van der Waals surface area contributed by atoms with Gasteiger partial charge in [-0.25, -0.2) is 4.39 Å². The number of likely N-dealkylation sites (tertiary alicyclic amines) is 1. The van der Waals surface area contributed by atoms with Crippen molar-refractivity contribution in [3.05, 3.63) is 77.9 Å². The Morgan fingerprint density at radius 2 is 1.97 bits per heavy atom. The third kappa shape index (κ3) is 3.38. The predicted molar refractivity (Wildman–Crippen MR) is 113 cm³/mol. The molecule has 3 heterocycles. The van der Waals surface area contributed by atoms with Gasteiger partial charge < -0.3 is 14.5 Å². The number of aromatic nitrogens is 1. The fourth-order valence-electron chi connectivity index (χ4n) is 3.95. The first-order chi connectivity index (χ1) is 14.7. The first kappa shape index (κ1) is 18.6. The summed E-state index contributed by atoms with van der Waals surface area (Å²) in [5.74, 6) is 0.219. The Morgan fingerprint density at radius 1 is 1.10 bits per heavy atom. The number of hydrogen-bond acceptors (Lipinski definition) is 4. The average Bonchev–Trinajstić information content (AvgIpc) is 2.73. The summed E-state index contributed by atoms with van der Waals surface area (Å²) >= 11 is 0. The molecule has 2 aliphatic heterocycles. The van der Waals surface area contributed by atoms with Crippen molar-refractivity contribution in [3.63, 3.8) is 0 Å². The molecule has 6 heteroatoms. The molecule has 30 heavy (non-hydrogen) atoms. The van der Waals surface area contributed by atoms with Crippen LogP contribution in [0.15, 0.2) is 60.9 Å². The molecule has 152 valence electrons. The molecule has 0 radical (unpaired) electrons. The van der Waals surface area contributed by atoms with E-state index in [4.69, 9.17) is 4.74 Å². The normalized spacial score (nSPS) is 15.2. The quantitative estimate of drug-likeness (QED) is 0.657. The number of hydrogen-bond donors (Lipinski definition) is 0. The van der Waals surface area contributed by atoms with Crippen LogP contribution in [0.5, 0.6) is 5.75 Å². The van der Waals surface area contributed by atoms with Crippen molar-refractivity contribution >= 4 is 11.6 Å². The van der Waals surface area contributed by atoms with E-state index in [1.807, 2.05) is 29.3 Å². The highest BCUT2D eigenvalue weighted by Gasteiger charge is 2.30. The van der Waals surface area contributed by atoms with Crippen LogP contribution >= 0.6 is 0 Å². The smallest absolute Gasteiger partial charge is 0.257 e. The molecule has 2 aromatic carbocycles. The Labute approximate surface area is 174 Å². The minimum atomic E-state index is -0.310. The first-order valence-electron chi connectivity index (χ1n) is 10.2. The number of anilines is 1. The summed E-state index contributed by atoms with van der Waals surface area (Å²) in [6.07, 6.45) is 4.59. The summed E-state index contributed by atoms with van der Waals surface area (Å²) in [6.45, 7) is 3.31. The lowest BCUT2D eigenvalue weighted by molar-refractivity contribution is 0.0647. The number of pyridine rings is 1. The monoisotopic (exact) mass is 403 g/mol. The molecule has 1 amide bonds. The van der Waals surface area contributed by atoms with Crippen LogP contribution in [-0.4, -0.2) is 42.0 Å². The van der Waals surface area contributed by atoms with Crippen molar-refractivity contribution < 1.29 is 13.9 Å². The van der Waals surface area contributed by atoms with Gasteiger partial charge in [0.25, 0.3) is 5.91 Å². The Bertz CT molecular complexity index is 1080. The number of carbonyl (C=O) groups excluding carboxylic acids is 1. The number of halogens is 1. The number of rotatable bonds is 4. The van der Waals surface area contributed by atoms with E-state index in [0.717, 1.165) is 30.8 Å². The number of fused-ring (bicyclic) bond motifs is 1. The zero-order valence-corrected chi connectivity index (χ0v) is 16.6. The Morgan fingerprint density at radius 3 is 2.70 bits per heavy atom. The zero-order valence-electron chi connectivity index (χ0n) is 16.6. The van der Waals surface area contributed by atoms with Gasteiger partial charge in [0.1, 0.15) is 12.4 Å². The summed E-state index contributed by atoms with van der Waals surface area (Å²) < 4.78 is 20.6. The lowest BCUT2D eigenvalue weighted by atomic mass is 9.98. The maximum atomic E-state index is 14.6. The summed E-state index contributed by atoms with van der Waals surface area (Å²) in [5, 5.41) is 0. The molecule has 5 rings (SSSR count). The van der Waals surface area contributed by atoms with Crippen molar-refractivity contribution in [2.24, 2.45) is 0 Å². The molecule has 2 aliphatic rings. The molecule has 0 spiro atoms. The molecule has 1 aromatic heterocycles. The molecule has 1 saturated heterocycles. The topological polar surface area (TPSA) is 45.7 Å². The van der Waals surface area contributed by atoms with Gasteiger partial charge in [-0.05, 0) is 41.8 Å². The second-order valence-corrected chi connectivity index (χ2v) is 7.63. The molecule has 5 nitrogen and oxygen atoms in total. The Hall–Kier alpha value is -3.41. The van der Waals surface area contributed by atoms with E-state index in [1.165, 1.54) is 6.07 Å². The third-order valence-electron chi connectivity index (χ3n) is 5.67. The van der Waals surface area contributed by atoms with E-state index in [1.54, 1.807) is 30.5 Å². The molecule has 1 fully saturated rings. The van der Waals surface area contributed by atoms with Crippen molar-refractivity contribution in [1.29, 1.82) is 0 Å². The lowest BCUT2D eigenvalue weighted by Gasteiger charge is -2.35. The number of carbonyl (C=O) groups is 1. The maximum absolute atomic E-state index is 14.6. The SMILES string of the molecule is O=C(c1cc(-c2ccccc2F)cc2c1OCCN2Cc1cccnc1)N1CCC1. The second kappa shape index (κ2) is 7.78. The van der Waals surface area contributed by atoms with Gasteiger partial charge in [-0.15, -0.1) is 0 Å². The van der Waals surface area contributed by atoms with E-state index < -0.39 is 0 Å². The van der Waals surface area contributed by atoms with Crippen LogP contribution < -0.4 is 9.64 Å². The van der Waals surface area contributed by atoms with E-state index in [0.29, 0.717) is 42.1 Å². The van der Waals surface area contributed by atoms with Crippen LogP contribution in [0.2, 0.25) is 0 Å². The molecule has 0 saturated carbocycles. The van der Waals surface area contributed by atoms with Crippen molar-refractivity contribution in [2.75, 3.05) is 31.1 Å². The minimum Gasteiger partial charge on any atom is -0.489 e. The van der Waals surface area contributed by atoms with Gasteiger partial charge in [-0.1, -0.05) is 24.3 Å². The van der Waals surface area contributed by atoms with Crippen LogP contribution in [0.1, 0.15) is 22.3 Å². The van der Waals surface area contributed by atoms with Gasteiger partial charge >= 0.3 is 0 Å².